The first kappa shape index (κ1) is 14.0. The highest BCUT2D eigenvalue weighted by Gasteiger charge is 2.14. The molecule has 0 aliphatic carbocycles. The largest absolute Gasteiger partial charge is 0.435 e. The Balaban J connectivity index is 2.89. The van der Waals surface area contributed by atoms with Crippen LogP contribution in [-0.2, 0) is 0 Å². The third-order valence-electron chi connectivity index (χ3n) is 2.26. The van der Waals surface area contributed by atoms with Gasteiger partial charge in [-0.15, -0.1) is 6.42 Å². The smallest absolute Gasteiger partial charge is 0.387 e. The van der Waals surface area contributed by atoms with Crippen molar-refractivity contribution in [2.75, 3.05) is 13.1 Å². The van der Waals surface area contributed by atoms with Crippen molar-refractivity contribution in [2.45, 2.75) is 13.5 Å². The van der Waals surface area contributed by atoms with Gasteiger partial charge in [0.25, 0.3) is 5.91 Å². The van der Waals surface area contributed by atoms with Gasteiger partial charge in [0, 0.05) is 12.1 Å². The molecule has 0 atom stereocenters. The third-order valence-corrected chi connectivity index (χ3v) is 2.26. The number of benzene rings is 1. The van der Waals surface area contributed by atoms with Gasteiger partial charge in [0.1, 0.15) is 5.75 Å². The Kier molecular flexibility index (Phi) is 5.12. The molecule has 0 fully saturated rings. The summed E-state index contributed by atoms with van der Waals surface area (Å²) in [5, 5.41) is 0. The van der Waals surface area contributed by atoms with Gasteiger partial charge in [0.15, 0.2) is 0 Å². The van der Waals surface area contributed by atoms with Gasteiger partial charge in [-0.1, -0.05) is 12.0 Å². The molecule has 18 heavy (non-hydrogen) atoms. The predicted octanol–water partition coefficient (Wildman–Crippen LogP) is 2.38. The molecule has 1 aromatic rings. The molecule has 0 saturated carbocycles. The molecule has 0 bridgehead atoms. The first-order chi connectivity index (χ1) is 8.58. The zero-order valence-corrected chi connectivity index (χ0v) is 9.90. The third kappa shape index (κ3) is 3.74. The van der Waals surface area contributed by atoms with Gasteiger partial charge >= 0.3 is 6.61 Å². The number of carbonyl (C=O) groups is 1. The van der Waals surface area contributed by atoms with Crippen LogP contribution in [0.2, 0.25) is 0 Å². The Morgan fingerprint density at radius 1 is 1.56 bits per heavy atom. The van der Waals surface area contributed by atoms with Crippen molar-refractivity contribution in [1.82, 2.24) is 4.90 Å². The molecule has 0 radical (unpaired) electrons. The van der Waals surface area contributed by atoms with Crippen molar-refractivity contribution in [3.63, 3.8) is 0 Å². The maximum atomic E-state index is 12.1. The highest BCUT2D eigenvalue weighted by atomic mass is 19.3. The van der Waals surface area contributed by atoms with Crippen molar-refractivity contribution >= 4 is 5.91 Å². The van der Waals surface area contributed by atoms with Gasteiger partial charge in [-0.05, 0) is 25.1 Å². The van der Waals surface area contributed by atoms with Crippen LogP contribution in [0.1, 0.15) is 17.3 Å². The Bertz CT molecular complexity index is 455. The Labute approximate surface area is 104 Å². The summed E-state index contributed by atoms with van der Waals surface area (Å²) in [5.74, 6) is 2.01. The van der Waals surface area contributed by atoms with E-state index >= 15 is 0 Å². The van der Waals surface area contributed by atoms with Crippen LogP contribution in [0, 0.1) is 12.3 Å². The van der Waals surface area contributed by atoms with Crippen LogP contribution in [0.5, 0.6) is 5.75 Å². The molecule has 0 heterocycles. The van der Waals surface area contributed by atoms with Crippen molar-refractivity contribution in [2.24, 2.45) is 0 Å². The second-order valence-electron chi connectivity index (χ2n) is 3.43. The van der Waals surface area contributed by atoms with E-state index in [1.807, 2.05) is 0 Å². The van der Waals surface area contributed by atoms with Gasteiger partial charge in [0.05, 0.1) is 6.54 Å². The summed E-state index contributed by atoms with van der Waals surface area (Å²) < 4.78 is 28.3. The van der Waals surface area contributed by atoms with Crippen LogP contribution < -0.4 is 4.74 Å². The summed E-state index contributed by atoms with van der Waals surface area (Å²) in [6.07, 6.45) is 5.15. The lowest BCUT2D eigenvalue weighted by molar-refractivity contribution is -0.0499. The van der Waals surface area contributed by atoms with E-state index in [0.717, 1.165) is 0 Å². The van der Waals surface area contributed by atoms with Crippen LogP contribution in [-0.4, -0.2) is 30.5 Å². The van der Waals surface area contributed by atoms with E-state index in [-0.39, 0.29) is 23.8 Å². The van der Waals surface area contributed by atoms with Crippen LogP contribution in [0.4, 0.5) is 8.78 Å². The van der Waals surface area contributed by atoms with Gasteiger partial charge in [-0.2, -0.15) is 8.78 Å². The molecule has 0 aliphatic heterocycles. The SMILES string of the molecule is C#CCN(CC)C(=O)c1cccc(OC(F)F)c1. The van der Waals surface area contributed by atoms with E-state index in [1.165, 1.54) is 29.2 Å². The molecule has 1 aromatic carbocycles. The zero-order chi connectivity index (χ0) is 13.5. The standard InChI is InChI=1S/C13H13F2NO2/c1-3-8-16(4-2)12(17)10-6-5-7-11(9-10)18-13(14)15/h1,5-7,9,13H,4,8H2,2H3. The van der Waals surface area contributed by atoms with Crippen molar-refractivity contribution in [3.8, 4) is 18.1 Å². The van der Waals surface area contributed by atoms with Crippen molar-refractivity contribution < 1.29 is 18.3 Å². The Hall–Kier alpha value is -2.09. The monoisotopic (exact) mass is 253 g/mol. The molecule has 1 rings (SSSR count). The number of rotatable bonds is 5. The summed E-state index contributed by atoms with van der Waals surface area (Å²) in [7, 11) is 0. The number of alkyl halides is 2. The summed E-state index contributed by atoms with van der Waals surface area (Å²) in [5.41, 5.74) is 0.269. The minimum atomic E-state index is -2.91. The fraction of sp³-hybridized carbons (Fsp3) is 0.308. The van der Waals surface area contributed by atoms with E-state index < -0.39 is 6.61 Å². The summed E-state index contributed by atoms with van der Waals surface area (Å²) >= 11 is 0. The van der Waals surface area contributed by atoms with Gasteiger partial charge in [-0.25, -0.2) is 0 Å². The summed E-state index contributed by atoms with van der Waals surface area (Å²) in [4.78, 5) is 13.4. The van der Waals surface area contributed by atoms with Gasteiger partial charge < -0.3 is 9.64 Å². The summed E-state index contributed by atoms with van der Waals surface area (Å²) in [6, 6.07) is 5.64. The minimum Gasteiger partial charge on any atom is -0.435 e. The first-order valence-electron chi connectivity index (χ1n) is 5.36. The van der Waals surface area contributed by atoms with Crippen molar-refractivity contribution in [3.05, 3.63) is 29.8 Å². The van der Waals surface area contributed by atoms with E-state index in [4.69, 9.17) is 6.42 Å². The topological polar surface area (TPSA) is 29.5 Å². The highest BCUT2D eigenvalue weighted by molar-refractivity contribution is 5.94. The van der Waals surface area contributed by atoms with E-state index in [2.05, 4.69) is 10.7 Å². The quantitative estimate of drug-likeness (QED) is 0.754. The molecular weight excluding hydrogens is 240 g/mol. The fourth-order valence-electron chi connectivity index (χ4n) is 1.43. The molecule has 5 heteroatoms. The number of terminal acetylenes is 1. The lowest BCUT2D eigenvalue weighted by Crippen LogP contribution is -2.31. The number of hydrogen-bond acceptors (Lipinski definition) is 2. The molecular formula is C13H13F2NO2. The first-order valence-corrected chi connectivity index (χ1v) is 5.36. The van der Waals surface area contributed by atoms with E-state index in [9.17, 15) is 13.6 Å². The zero-order valence-electron chi connectivity index (χ0n) is 9.90. The van der Waals surface area contributed by atoms with Crippen LogP contribution in [0.3, 0.4) is 0 Å². The number of halogens is 2. The van der Waals surface area contributed by atoms with E-state index in [0.29, 0.717) is 6.54 Å². The second-order valence-corrected chi connectivity index (χ2v) is 3.43. The van der Waals surface area contributed by atoms with Crippen LogP contribution >= 0.6 is 0 Å². The number of carbonyl (C=O) groups excluding carboxylic acids is 1. The molecule has 3 nitrogen and oxygen atoms in total. The van der Waals surface area contributed by atoms with Crippen LogP contribution in [0.15, 0.2) is 24.3 Å². The average Bonchev–Trinajstić information content (AvgIpc) is 2.34. The minimum absolute atomic E-state index is 0.0485. The maximum Gasteiger partial charge on any atom is 0.387 e. The van der Waals surface area contributed by atoms with Crippen LogP contribution in [0.25, 0.3) is 0 Å². The summed E-state index contributed by atoms with van der Waals surface area (Å²) in [6.45, 7) is -0.504. The van der Waals surface area contributed by atoms with E-state index in [1.54, 1.807) is 6.92 Å². The normalized spacial score (nSPS) is 9.94. The molecule has 0 spiro atoms. The maximum absolute atomic E-state index is 12.1. The molecule has 0 unspecified atom stereocenters. The van der Waals surface area contributed by atoms with Gasteiger partial charge in [0.2, 0.25) is 0 Å². The number of nitrogens with zero attached hydrogens (tertiary/aromatic N) is 1. The lowest BCUT2D eigenvalue weighted by Gasteiger charge is -2.18. The molecule has 0 saturated heterocycles. The molecule has 0 N–H and O–H groups in total. The average molecular weight is 253 g/mol. The molecule has 0 aromatic heterocycles. The lowest BCUT2D eigenvalue weighted by atomic mass is 10.2. The van der Waals surface area contributed by atoms with Crippen molar-refractivity contribution in [1.29, 1.82) is 0 Å². The Morgan fingerprint density at radius 2 is 2.28 bits per heavy atom. The fourth-order valence-corrected chi connectivity index (χ4v) is 1.43. The molecule has 96 valence electrons. The number of ether oxygens (including phenoxy) is 1. The Morgan fingerprint density at radius 3 is 2.83 bits per heavy atom. The van der Waals surface area contributed by atoms with Gasteiger partial charge in [-0.3, -0.25) is 4.79 Å². The number of amides is 1. The molecule has 0 aliphatic rings. The second kappa shape index (κ2) is 6.60. The number of hydrogen-bond donors (Lipinski definition) is 0. The molecule has 1 amide bonds. The highest BCUT2D eigenvalue weighted by Crippen LogP contribution is 2.17. The predicted molar refractivity (Wildman–Crippen MR) is 63.5 cm³/mol.